The molecule has 1 aliphatic carbocycles. The van der Waals surface area contributed by atoms with E-state index in [-0.39, 0.29) is 0 Å². The summed E-state index contributed by atoms with van der Waals surface area (Å²) >= 11 is 1.34. The van der Waals surface area contributed by atoms with E-state index in [0.717, 1.165) is 21.7 Å². The van der Waals surface area contributed by atoms with E-state index in [0.29, 0.717) is 5.25 Å². The second-order valence-electron chi connectivity index (χ2n) is 6.02. The van der Waals surface area contributed by atoms with Crippen molar-refractivity contribution in [3.05, 3.63) is 54.1 Å². The number of benzene rings is 2. The lowest BCUT2D eigenvalue weighted by molar-refractivity contribution is 0.0433. The Balaban J connectivity index is 1.72. The molecule has 0 amide bonds. The van der Waals surface area contributed by atoms with Gasteiger partial charge >= 0.3 is 0 Å². The fourth-order valence-corrected chi connectivity index (χ4v) is 3.03. The lowest BCUT2D eigenvalue weighted by Gasteiger charge is -2.18. The average molecular weight is 314 g/mol. The summed E-state index contributed by atoms with van der Waals surface area (Å²) in [5.41, 5.74) is 7.65. The molecule has 0 heterocycles. The van der Waals surface area contributed by atoms with Crippen LogP contribution in [0.4, 0.5) is 5.69 Å². The van der Waals surface area contributed by atoms with E-state index < -0.39 is 0 Å². The van der Waals surface area contributed by atoms with Crippen molar-refractivity contribution < 1.29 is 5.21 Å². The molecule has 4 heteroatoms. The van der Waals surface area contributed by atoms with Gasteiger partial charge in [-0.05, 0) is 64.1 Å². The van der Waals surface area contributed by atoms with Gasteiger partial charge in [0.15, 0.2) is 0 Å². The first kappa shape index (κ1) is 15.4. The Labute approximate surface area is 136 Å². The maximum absolute atomic E-state index is 9.82. The highest BCUT2D eigenvalue weighted by Gasteiger charge is 2.22. The Morgan fingerprint density at radius 1 is 1.09 bits per heavy atom. The van der Waals surface area contributed by atoms with Gasteiger partial charge in [0, 0.05) is 5.25 Å². The molecule has 22 heavy (non-hydrogen) atoms. The highest BCUT2D eigenvalue weighted by molar-refractivity contribution is 7.97. The molecule has 1 aliphatic rings. The van der Waals surface area contributed by atoms with Gasteiger partial charge in [-0.25, -0.2) is 0 Å². The van der Waals surface area contributed by atoms with Gasteiger partial charge in [-0.1, -0.05) is 50.2 Å². The molecule has 0 aromatic heterocycles. The zero-order valence-corrected chi connectivity index (χ0v) is 13.8. The van der Waals surface area contributed by atoms with Gasteiger partial charge in [0.25, 0.3) is 0 Å². The van der Waals surface area contributed by atoms with Crippen LogP contribution in [0.3, 0.4) is 0 Å². The van der Waals surface area contributed by atoms with Crippen molar-refractivity contribution in [3.63, 3.8) is 0 Å². The van der Waals surface area contributed by atoms with Crippen LogP contribution in [-0.2, 0) is 0 Å². The monoisotopic (exact) mass is 314 g/mol. The van der Waals surface area contributed by atoms with Crippen molar-refractivity contribution in [2.75, 3.05) is 5.43 Å². The maximum Gasteiger partial charge on any atom is 0.0527 e. The Morgan fingerprint density at radius 3 is 2.45 bits per heavy atom. The number of hydrazine groups is 1. The summed E-state index contributed by atoms with van der Waals surface area (Å²) in [6.07, 6.45) is 2.66. The van der Waals surface area contributed by atoms with Crippen LogP contribution in [0.25, 0.3) is 11.1 Å². The van der Waals surface area contributed by atoms with Crippen molar-refractivity contribution >= 4 is 17.6 Å². The molecule has 116 valence electrons. The molecule has 0 unspecified atom stereocenters. The molecule has 2 aromatic carbocycles. The number of hydrogen-bond acceptors (Lipinski definition) is 4. The van der Waals surface area contributed by atoms with Crippen LogP contribution in [-0.4, -0.2) is 15.0 Å². The van der Waals surface area contributed by atoms with Crippen molar-refractivity contribution in [2.45, 2.75) is 37.9 Å². The third kappa shape index (κ3) is 4.03. The van der Waals surface area contributed by atoms with Gasteiger partial charge in [-0.3, -0.25) is 10.6 Å². The zero-order chi connectivity index (χ0) is 15.5. The van der Waals surface area contributed by atoms with Crippen LogP contribution in [0.5, 0.6) is 0 Å². The highest BCUT2D eigenvalue weighted by Crippen LogP contribution is 2.40. The van der Waals surface area contributed by atoms with Crippen LogP contribution in [0.15, 0.2) is 48.5 Å². The quantitative estimate of drug-likeness (QED) is 0.560. The summed E-state index contributed by atoms with van der Waals surface area (Å²) in [5.74, 6) is 0.790. The van der Waals surface area contributed by atoms with E-state index >= 15 is 0 Å². The molecule has 0 spiro atoms. The van der Waals surface area contributed by atoms with Crippen molar-refractivity contribution in [3.8, 4) is 11.1 Å². The summed E-state index contributed by atoms with van der Waals surface area (Å²) in [6.45, 7) is 4.07. The van der Waals surface area contributed by atoms with Crippen molar-refractivity contribution in [1.29, 1.82) is 0 Å². The van der Waals surface area contributed by atoms with Gasteiger partial charge in [0.2, 0.25) is 0 Å². The van der Waals surface area contributed by atoms with Crippen LogP contribution < -0.4 is 5.43 Å². The van der Waals surface area contributed by atoms with Crippen LogP contribution >= 0.6 is 11.9 Å². The predicted octanol–water partition coefficient (Wildman–Crippen LogP) is 5.31. The fraction of sp³-hybridized carbons (Fsp3) is 0.333. The SMILES string of the molecule is CC(C)SN(O)Nc1cccc(-c2ccc(C3CC3)cc2)c1. The first-order valence-corrected chi connectivity index (χ1v) is 8.58. The standard InChI is InChI=1S/C18H22N2OS/c1-13(2)22-20(21)19-18-5-3-4-17(12-18)16-10-8-15(9-11-16)14-6-7-14/h3-5,8-14,19,21H,6-7H2,1-2H3. The molecule has 0 bridgehead atoms. The molecular formula is C18H22N2OS. The summed E-state index contributed by atoms with van der Waals surface area (Å²) in [5, 5.41) is 10.1. The van der Waals surface area contributed by atoms with Crippen LogP contribution in [0.1, 0.15) is 38.2 Å². The van der Waals surface area contributed by atoms with E-state index in [4.69, 9.17) is 0 Å². The lowest BCUT2D eigenvalue weighted by Crippen LogP contribution is -2.20. The minimum atomic E-state index is 0.315. The Morgan fingerprint density at radius 2 is 1.82 bits per heavy atom. The van der Waals surface area contributed by atoms with E-state index in [2.05, 4.69) is 41.8 Å². The predicted molar refractivity (Wildman–Crippen MR) is 93.8 cm³/mol. The Hall–Kier alpha value is -1.49. The minimum Gasteiger partial charge on any atom is -0.286 e. The number of nitrogens with one attached hydrogen (secondary N) is 1. The molecule has 0 aliphatic heterocycles. The number of rotatable bonds is 6. The zero-order valence-electron chi connectivity index (χ0n) is 13.0. The largest absolute Gasteiger partial charge is 0.286 e. The van der Waals surface area contributed by atoms with Crippen molar-refractivity contribution in [1.82, 2.24) is 4.58 Å². The van der Waals surface area contributed by atoms with E-state index in [1.165, 1.54) is 35.9 Å². The van der Waals surface area contributed by atoms with Gasteiger partial charge in [0.1, 0.15) is 0 Å². The third-order valence-corrected chi connectivity index (χ3v) is 4.40. The van der Waals surface area contributed by atoms with Gasteiger partial charge in [-0.2, -0.15) is 0 Å². The normalized spacial score (nSPS) is 14.6. The summed E-state index contributed by atoms with van der Waals surface area (Å²) in [6, 6.07) is 16.9. The van der Waals surface area contributed by atoms with Gasteiger partial charge in [-0.15, -0.1) is 0 Å². The summed E-state index contributed by atoms with van der Waals surface area (Å²) in [4.78, 5) is 0. The molecule has 2 N–H and O–H groups in total. The molecule has 0 radical (unpaired) electrons. The molecule has 0 atom stereocenters. The maximum atomic E-state index is 9.82. The Kier molecular flexibility index (Phi) is 4.71. The summed E-state index contributed by atoms with van der Waals surface area (Å²) < 4.78 is 1.07. The molecule has 3 rings (SSSR count). The Bertz CT molecular complexity index is 623. The highest BCUT2D eigenvalue weighted by atomic mass is 32.2. The topological polar surface area (TPSA) is 35.5 Å². The average Bonchev–Trinajstić information content (AvgIpc) is 3.31. The van der Waals surface area contributed by atoms with Gasteiger partial charge < -0.3 is 0 Å². The molecule has 0 saturated heterocycles. The summed E-state index contributed by atoms with van der Waals surface area (Å²) in [7, 11) is 0. The van der Waals surface area contributed by atoms with E-state index in [1.54, 1.807) is 0 Å². The van der Waals surface area contributed by atoms with Crippen LogP contribution in [0.2, 0.25) is 0 Å². The van der Waals surface area contributed by atoms with E-state index in [1.807, 2.05) is 26.0 Å². The number of hydrogen-bond donors (Lipinski definition) is 2. The number of anilines is 1. The lowest BCUT2D eigenvalue weighted by atomic mass is 10.0. The van der Waals surface area contributed by atoms with Crippen molar-refractivity contribution in [2.24, 2.45) is 0 Å². The molecule has 3 nitrogen and oxygen atoms in total. The first-order chi connectivity index (χ1) is 10.6. The molecule has 1 saturated carbocycles. The van der Waals surface area contributed by atoms with E-state index in [9.17, 15) is 5.21 Å². The third-order valence-electron chi connectivity index (χ3n) is 3.69. The molecule has 2 aromatic rings. The fourth-order valence-electron chi connectivity index (χ4n) is 2.47. The number of nitrogens with zero attached hydrogens (tertiary/aromatic N) is 1. The molecular weight excluding hydrogens is 292 g/mol. The second-order valence-corrected chi connectivity index (χ2v) is 7.52. The smallest absolute Gasteiger partial charge is 0.0527 e. The van der Waals surface area contributed by atoms with Gasteiger partial charge in [0.05, 0.1) is 5.69 Å². The first-order valence-electron chi connectivity index (χ1n) is 7.74. The second kappa shape index (κ2) is 6.73. The van der Waals surface area contributed by atoms with Crippen LogP contribution in [0, 0.1) is 0 Å². The minimum absolute atomic E-state index is 0.315. The molecule has 1 fully saturated rings.